The molecule has 0 aliphatic carbocycles. The van der Waals surface area contributed by atoms with Gasteiger partial charge in [-0.15, -0.1) is 0 Å². The molecule has 7 nitrogen and oxygen atoms in total. The van der Waals surface area contributed by atoms with Crippen LogP contribution in [0.1, 0.15) is 26.7 Å². The number of hydrogen-bond donors (Lipinski definition) is 4. The third-order valence-electron chi connectivity index (χ3n) is 3.47. The highest BCUT2D eigenvalue weighted by molar-refractivity contribution is 5.82. The molecule has 1 fully saturated rings. The molecule has 0 bridgehead atoms. The number of likely N-dealkylation sites (tertiary alicyclic amines) is 1. The molecule has 1 heterocycles. The number of nitrogens with one attached hydrogen (secondary N) is 1. The van der Waals surface area contributed by atoms with Crippen LogP contribution < -0.4 is 5.32 Å². The summed E-state index contributed by atoms with van der Waals surface area (Å²) >= 11 is 0. The maximum Gasteiger partial charge on any atom is 0.326 e. The molecule has 1 saturated heterocycles. The lowest BCUT2D eigenvalue weighted by molar-refractivity contribution is -0.139. The third kappa shape index (κ3) is 4.07. The number of carbonyl (C=O) groups is 2. The molecular formula is C12H22N2O5. The second-order valence-corrected chi connectivity index (χ2v) is 5.57. The molecule has 0 aromatic carbocycles. The summed E-state index contributed by atoms with van der Waals surface area (Å²) in [5, 5.41) is 29.9. The maximum atomic E-state index is 12.0. The predicted molar refractivity (Wildman–Crippen MR) is 67.6 cm³/mol. The van der Waals surface area contributed by atoms with Crippen LogP contribution in [-0.4, -0.2) is 64.1 Å². The Balaban J connectivity index is 2.60. The van der Waals surface area contributed by atoms with E-state index in [0.29, 0.717) is 19.5 Å². The molecule has 7 heteroatoms. The highest BCUT2D eigenvalue weighted by Gasteiger charge is 2.37. The SMILES string of the molecule is CC1(C)CN(C(=O)N[C@H](CCO)C(=O)O)CCC1O. The lowest BCUT2D eigenvalue weighted by Crippen LogP contribution is -2.55. The van der Waals surface area contributed by atoms with Crippen LogP contribution in [0.5, 0.6) is 0 Å². The first-order valence-corrected chi connectivity index (χ1v) is 6.35. The number of aliphatic hydroxyl groups excluding tert-OH is 2. The normalized spacial score (nSPS) is 23.8. The van der Waals surface area contributed by atoms with Crippen LogP contribution in [0, 0.1) is 5.41 Å². The molecule has 110 valence electrons. The minimum absolute atomic E-state index is 0.0269. The largest absolute Gasteiger partial charge is 0.480 e. The van der Waals surface area contributed by atoms with Crippen LogP contribution in [0.25, 0.3) is 0 Å². The zero-order valence-corrected chi connectivity index (χ0v) is 11.3. The van der Waals surface area contributed by atoms with Crippen molar-refractivity contribution >= 4 is 12.0 Å². The Labute approximate surface area is 112 Å². The highest BCUT2D eigenvalue weighted by atomic mass is 16.4. The van der Waals surface area contributed by atoms with Gasteiger partial charge in [0.25, 0.3) is 0 Å². The van der Waals surface area contributed by atoms with Gasteiger partial charge in [-0.3, -0.25) is 0 Å². The molecule has 19 heavy (non-hydrogen) atoms. The summed E-state index contributed by atoms with van der Waals surface area (Å²) in [6, 6.07) is -1.56. The number of nitrogens with zero attached hydrogens (tertiary/aromatic N) is 1. The molecular weight excluding hydrogens is 252 g/mol. The number of urea groups is 1. The number of hydrogen-bond acceptors (Lipinski definition) is 4. The summed E-state index contributed by atoms with van der Waals surface area (Å²) in [5.41, 5.74) is -0.411. The first kappa shape index (κ1) is 15.7. The van der Waals surface area contributed by atoms with E-state index in [-0.39, 0.29) is 13.0 Å². The predicted octanol–water partition coefficient (Wildman–Crippen LogP) is -0.376. The summed E-state index contributed by atoms with van der Waals surface area (Å²) < 4.78 is 0. The average molecular weight is 274 g/mol. The molecule has 2 atom stereocenters. The number of carbonyl (C=O) groups excluding carboxylic acids is 1. The molecule has 0 aromatic heterocycles. The molecule has 0 aromatic rings. The Kier molecular flexibility index (Phi) is 5.13. The minimum Gasteiger partial charge on any atom is -0.480 e. The van der Waals surface area contributed by atoms with Crippen molar-refractivity contribution in [3.05, 3.63) is 0 Å². The summed E-state index contributed by atoms with van der Waals surface area (Å²) in [6.07, 6.45) is -0.0247. The van der Waals surface area contributed by atoms with Crippen LogP contribution in [0.15, 0.2) is 0 Å². The van der Waals surface area contributed by atoms with Crippen LogP contribution in [-0.2, 0) is 4.79 Å². The van der Waals surface area contributed by atoms with Crippen molar-refractivity contribution in [2.75, 3.05) is 19.7 Å². The van der Waals surface area contributed by atoms with Gasteiger partial charge in [-0.2, -0.15) is 0 Å². The Morgan fingerprint density at radius 2 is 2.11 bits per heavy atom. The molecule has 1 aliphatic heterocycles. The van der Waals surface area contributed by atoms with Crippen LogP contribution >= 0.6 is 0 Å². The number of carboxylic acid groups (broad SMARTS) is 1. The van der Waals surface area contributed by atoms with Gasteiger partial charge in [-0.25, -0.2) is 9.59 Å². The fourth-order valence-corrected chi connectivity index (χ4v) is 2.15. The summed E-state index contributed by atoms with van der Waals surface area (Å²) in [7, 11) is 0. The van der Waals surface area contributed by atoms with Crippen LogP contribution in [0.4, 0.5) is 4.79 Å². The van der Waals surface area contributed by atoms with Gasteiger partial charge in [0, 0.05) is 31.5 Å². The van der Waals surface area contributed by atoms with Crippen molar-refractivity contribution in [2.45, 2.75) is 38.8 Å². The zero-order valence-electron chi connectivity index (χ0n) is 11.3. The van der Waals surface area contributed by atoms with E-state index in [4.69, 9.17) is 10.2 Å². The van der Waals surface area contributed by atoms with Gasteiger partial charge in [0.1, 0.15) is 6.04 Å². The van der Waals surface area contributed by atoms with Gasteiger partial charge in [0.2, 0.25) is 0 Å². The molecule has 1 unspecified atom stereocenters. The number of aliphatic hydroxyl groups is 2. The van der Waals surface area contributed by atoms with Gasteiger partial charge in [-0.05, 0) is 6.42 Å². The summed E-state index contributed by atoms with van der Waals surface area (Å²) in [6.45, 7) is 4.17. The molecule has 1 rings (SSSR count). The summed E-state index contributed by atoms with van der Waals surface area (Å²) in [4.78, 5) is 24.4. The molecule has 1 aliphatic rings. The van der Waals surface area contributed by atoms with E-state index in [2.05, 4.69) is 5.32 Å². The molecule has 4 N–H and O–H groups in total. The third-order valence-corrected chi connectivity index (χ3v) is 3.47. The number of carboxylic acids is 1. The van der Waals surface area contributed by atoms with Crippen molar-refractivity contribution < 1.29 is 24.9 Å². The number of rotatable bonds is 4. The van der Waals surface area contributed by atoms with E-state index in [1.807, 2.05) is 13.8 Å². The van der Waals surface area contributed by atoms with Gasteiger partial charge < -0.3 is 25.5 Å². The first-order valence-electron chi connectivity index (χ1n) is 6.35. The van der Waals surface area contributed by atoms with E-state index in [1.165, 1.54) is 4.90 Å². The maximum absolute atomic E-state index is 12.0. The van der Waals surface area contributed by atoms with Gasteiger partial charge in [-0.1, -0.05) is 13.8 Å². The fraction of sp³-hybridized carbons (Fsp3) is 0.833. The monoisotopic (exact) mass is 274 g/mol. The highest BCUT2D eigenvalue weighted by Crippen LogP contribution is 2.28. The van der Waals surface area contributed by atoms with Gasteiger partial charge in [0.05, 0.1) is 6.10 Å². The topological polar surface area (TPSA) is 110 Å². The second-order valence-electron chi connectivity index (χ2n) is 5.57. The molecule has 2 amide bonds. The number of amides is 2. The van der Waals surface area contributed by atoms with E-state index in [1.54, 1.807) is 0 Å². The number of aliphatic carboxylic acids is 1. The molecule has 0 radical (unpaired) electrons. The van der Waals surface area contributed by atoms with Crippen molar-refractivity contribution in [1.29, 1.82) is 0 Å². The lowest BCUT2D eigenvalue weighted by atomic mass is 9.81. The Morgan fingerprint density at radius 3 is 2.58 bits per heavy atom. The van der Waals surface area contributed by atoms with Gasteiger partial charge in [0.15, 0.2) is 0 Å². The smallest absolute Gasteiger partial charge is 0.326 e. The Bertz CT molecular complexity index is 345. The van der Waals surface area contributed by atoms with Crippen molar-refractivity contribution in [3.8, 4) is 0 Å². The van der Waals surface area contributed by atoms with Crippen LogP contribution in [0.2, 0.25) is 0 Å². The van der Waals surface area contributed by atoms with Gasteiger partial charge >= 0.3 is 12.0 Å². The molecule has 0 spiro atoms. The summed E-state index contributed by atoms with van der Waals surface area (Å²) in [5.74, 6) is -1.17. The Hall–Kier alpha value is -1.34. The fourth-order valence-electron chi connectivity index (χ4n) is 2.15. The number of piperidine rings is 1. The van der Waals surface area contributed by atoms with E-state index >= 15 is 0 Å². The van der Waals surface area contributed by atoms with Crippen molar-refractivity contribution in [2.24, 2.45) is 5.41 Å². The Morgan fingerprint density at radius 1 is 1.47 bits per heavy atom. The van der Waals surface area contributed by atoms with E-state index in [0.717, 1.165) is 0 Å². The van der Waals surface area contributed by atoms with E-state index in [9.17, 15) is 14.7 Å². The van der Waals surface area contributed by atoms with Crippen molar-refractivity contribution in [3.63, 3.8) is 0 Å². The molecule has 0 saturated carbocycles. The average Bonchev–Trinajstić information content (AvgIpc) is 2.31. The quantitative estimate of drug-likeness (QED) is 0.559. The van der Waals surface area contributed by atoms with Crippen molar-refractivity contribution in [1.82, 2.24) is 10.2 Å². The standard InChI is InChI=1S/C12H22N2O5/c1-12(2)7-14(5-3-9(12)16)11(19)13-8(4-6-15)10(17)18/h8-9,15-16H,3-7H2,1-2H3,(H,13,19)(H,17,18)/t8-,9?/m1/s1. The first-order chi connectivity index (χ1) is 8.77. The van der Waals surface area contributed by atoms with E-state index < -0.39 is 29.6 Å². The van der Waals surface area contributed by atoms with Crippen LogP contribution in [0.3, 0.4) is 0 Å². The second kappa shape index (κ2) is 6.21. The zero-order chi connectivity index (χ0) is 14.6. The minimum atomic E-state index is -1.17. The lowest BCUT2D eigenvalue weighted by Gasteiger charge is -2.41.